The topological polar surface area (TPSA) is 54.0 Å². The van der Waals surface area contributed by atoms with Crippen LogP contribution in [0.2, 0.25) is 0 Å². The van der Waals surface area contributed by atoms with Gasteiger partial charge >= 0.3 is 6.09 Å². The molecule has 2 unspecified atom stereocenters. The van der Waals surface area contributed by atoms with E-state index in [0.717, 1.165) is 0 Å². The third kappa shape index (κ3) is 2.66. The molecule has 0 radical (unpaired) electrons. The molecule has 2 fully saturated rings. The van der Waals surface area contributed by atoms with Gasteiger partial charge in [0, 0.05) is 6.54 Å². The minimum absolute atomic E-state index is 0.0396. The molecule has 1 aromatic carbocycles. The Kier molecular flexibility index (Phi) is 3.94. The molecular weight excluding hydrogens is 277 g/mol. The van der Waals surface area contributed by atoms with E-state index in [9.17, 15) is 9.18 Å². The predicted octanol–water partition coefficient (Wildman–Crippen LogP) is 1.32. The molecule has 3 rings (SSSR count). The van der Waals surface area contributed by atoms with E-state index in [2.05, 4.69) is 5.32 Å². The Morgan fingerprint density at radius 3 is 2.76 bits per heavy atom. The molecular formula is C14H18FN3O3. The monoisotopic (exact) mass is 295 g/mol. The zero-order valence-corrected chi connectivity index (χ0v) is 11.8. The van der Waals surface area contributed by atoms with Gasteiger partial charge in [-0.3, -0.25) is 10.2 Å². The van der Waals surface area contributed by atoms with Gasteiger partial charge in [0.15, 0.2) is 12.5 Å². The number of rotatable bonds is 3. The molecule has 2 heterocycles. The number of halogens is 1. The van der Waals surface area contributed by atoms with Gasteiger partial charge in [-0.25, -0.2) is 9.18 Å². The minimum Gasteiger partial charge on any atom is -0.428 e. The average Bonchev–Trinajstić information content (AvgIpc) is 2.89. The smallest absolute Gasteiger partial charge is 0.416 e. The molecule has 2 atom stereocenters. The van der Waals surface area contributed by atoms with Gasteiger partial charge in [0.25, 0.3) is 0 Å². The summed E-state index contributed by atoms with van der Waals surface area (Å²) in [6.45, 7) is 1.36. The van der Waals surface area contributed by atoms with Crippen molar-refractivity contribution in [2.24, 2.45) is 0 Å². The number of carbonyl (C=O) groups excluding carboxylic acids is 1. The lowest BCUT2D eigenvalue weighted by Crippen LogP contribution is -2.43. The third-order valence-electron chi connectivity index (χ3n) is 3.69. The normalized spacial score (nSPS) is 26.1. The fourth-order valence-electron chi connectivity index (χ4n) is 2.59. The standard InChI is InChI=1S/C14H18FN3O3/c1-16-13-8-18(14(19)21-13)11-5-3-2-4-10(11)17-6-7-20-9-12(17)15/h2-5,12-13,16H,6-9H2,1H3. The van der Waals surface area contributed by atoms with Crippen LogP contribution in [0.4, 0.5) is 20.6 Å². The first-order valence-corrected chi connectivity index (χ1v) is 6.93. The lowest BCUT2D eigenvalue weighted by Gasteiger charge is -2.34. The van der Waals surface area contributed by atoms with E-state index in [-0.39, 0.29) is 12.8 Å². The van der Waals surface area contributed by atoms with E-state index in [4.69, 9.17) is 9.47 Å². The maximum Gasteiger partial charge on any atom is 0.416 e. The van der Waals surface area contributed by atoms with Gasteiger partial charge in [0.2, 0.25) is 0 Å². The molecule has 7 heteroatoms. The Morgan fingerprint density at radius 1 is 1.33 bits per heavy atom. The SMILES string of the molecule is CNC1CN(c2ccccc2N2CCOCC2F)C(=O)O1. The number of nitrogens with one attached hydrogen (secondary N) is 1. The summed E-state index contributed by atoms with van der Waals surface area (Å²) in [5, 5.41) is 2.91. The molecule has 114 valence electrons. The summed E-state index contributed by atoms with van der Waals surface area (Å²) in [5.41, 5.74) is 1.34. The molecule has 2 saturated heterocycles. The van der Waals surface area contributed by atoms with Crippen LogP contribution in [0.1, 0.15) is 0 Å². The van der Waals surface area contributed by atoms with Crippen LogP contribution < -0.4 is 15.1 Å². The lowest BCUT2D eigenvalue weighted by atomic mass is 10.2. The number of carbonyl (C=O) groups is 1. The van der Waals surface area contributed by atoms with Crippen molar-refractivity contribution >= 4 is 17.5 Å². The number of anilines is 2. The maximum atomic E-state index is 14.1. The second kappa shape index (κ2) is 5.87. The molecule has 0 bridgehead atoms. The van der Waals surface area contributed by atoms with Crippen molar-refractivity contribution in [3.63, 3.8) is 0 Å². The number of nitrogens with zero attached hydrogens (tertiary/aromatic N) is 2. The van der Waals surface area contributed by atoms with E-state index in [0.29, 0.717) is 31.1 Å². The first kappa shape index (κ1) is 14.1. The van der Waals surface area contributed by atoms with Crippen molar-refractivity contribution in [3.8, 4) is 0 Å². The number of likely N-dealkylation sites (N-methyl/N-ethyl adjacent to an activating group) is 1. The summed E-state index contributed by atoms with van der Waals surface area (Å²) in [6.07, 6.45) is -1.99. The molecule has 1 N–H and O–H groups in total. The zero-order chi connectivity index (χ0) is 14.8. The van der Waals surface area contributed by atoms with Crippen LogP contribution in [-0.2, 0) is 9.47 Å². The number of benzene rings is 1. The largest absolute Gasteiger partial charge is 0.428 e. The van der Waals surface area contributed by atoms with Crippen LogP contribution in [-0.4, -0.2) is 52.0 Å². The van der Waals surface area contributed by atoms with Gasteiger partial charge in [0.05, 0.1) is 31.1 Å². The van der Waals surface area contributed by atoms with Crippen LogP contribution in [0.5, 0.6) is 0 Å². The molecule has 21 heavy (non-hydrogen) atoms. The number of cyclic esters (lactones) is 1. The molecule has 0 spiro atoms. The summed E-state index contributed by atoms with van der Waals surface area (Å²) in [7, 11) is 1.73. The van der Waals surface area contributed by atoms with Gasteiger partial charge in [-0.2, -0.15) is 0 Å². The number of morpholine rings is 1. The fourth-order valence-corrected chi connectivity index (χ4v) is 2.59. The molecule has 2 aliphatic rings. The first-order chi connectivity index (χ1) is 10.2. The zero-order valence-electron chi connectivity index (χ0n) is 11.8. The predicted molar refractivity (Wildman–Crippen MR) is 76.2 cm³/mol. The van der Waals surface area contributed by atoms with E-state index < -0.39 is 12.4 Å². The van der Waals surface area contributed by atoms with Gasteiger partial charge in [-0.1, -0.05) is 12.1 Å². The highest BCUT2D eigenvalue weighted by Crippen LogP contribution is 2.34. The van der Waals surface area contributed by atoms with Crippen molar-refractivity contribution in [3.05, 3.63) is 24.3 Å². The second-order valence-corrected chi connectivity index (χ2v) is 4.96. The van der Waals surface area contributed by atoms with Crippen molar-refractivity contribution < 1.29 is 18.7 Å². The van der Waals surface area contributed by atoms with Crippen molar-refractivity contribution in [1.82, 2.24) is 5.32 Å². The number of para-hydroxylation sites is 2. The lowest BCUT2D eigenvalue weighted by molar-refractivity contribution is 0.0497. The van der Waals surface area contributed by atoms with Gasteiger partial charge in [-0.15, -0.1) is 0 Å². The number of alkyl halides is 1. The van der Waals surface area contributed by atoms with E-state index >= 15 is 0 Å². The maximum absolute atomic E-state index is 14.1. The molecule has 2 aliphatic heterocycles. The van der Waals surface area contributed by atoms with Crippen LogP contribution in [0.3, 0.4) is 0 Å². The van der Waals surface area contributed by atoms with Crippen LogP contribution in [0, 0.1) is 0 Å². The molecule has 1 aromatic rings. The highest BCUT2D eigenvalue weighted by Gasteiger charge is 2.34. The van der Waals surface area contributed by atoms with Crippen molar-refractivity contribution in [2.45, 2.75) is 12.5 Å². The Hall–Kier alpha value is -1.86. The number of amides is 1. The van der Waals surface area contributed by atoms with Gasteiger partial charge in [-0.05, 0) is 19.2 Å². The summed E-state index contributed by atoms with van der Waals surface area (Å²) in [6, 6.07) is 7.27. The van der Waals surface area contributed by atoms with E-state index in [1.54, 1.807) is 18.0 Å². The Morgan fingerprint density at radius 2 is 2.10 bits per heavy atom. The average molecular weight is 295 g/mol. The molecule has 6 nitrogen and oxygen atoms in total. The Bertz CT molecular complexity index is 528. The number of hydrogen-bond acceptors (Lipinski definition) is 5. The van der Waals surface area contributed by atoms with Crippen LogP contribution in [0.15, 0.2) is 24.3 Å². The van der Waals surface area contributed by atoms with Crippen molar-refractivity contribution in [2.75, 3.05) is 43.2 Å². The van der Waals surface area contributed by atoms with Gasteiger partial charge < -0.3 is 14.4 Å². The quantitative estimate of drug-likeness (QED) is 0.852. The Labute approximate surface area is 122 Å². The second-order valence-electron chi connectivity index (χ2n) is 4.96. The van der Waals surface area contributed by atoms with Crippen LogP contribution >= 0.6 is 0 Å². The molecule has 0 aliphatic carbocycles. The molecule has 0 saturated carbocycles. The van der Waals surface area contributed by atoms with Crippen molar-refractivity contribution in [1.29, 1.82) is 0 Å². The van der Waals surface area contributed by atoms with Crippen LogP contribution in [0.25, 0.3) is 0 Å². The van der Waals surface area contributed by atoms with Gasteiger partial charge in [0.1, 0.15) is 0 Å². The fraction of sp³-hybridized carbons (Fsp3) is 0.500. The summed E-state index contributed by atoms with van der Waals surface area (Å²) < 4.78 is 24.4. The highest BCUT2D eigenvalue weighted by atomic mass is 19.1. The summed E-state index contributed by atoms with van der Waals surface area (Å²) >= 11 is 0. The summed E-state index contributed by atoms with van der Waals surface area (Å²) in [5.74, 6) is 0. The molecule has 1 amide bonds. The van der Waals surface area contributed by atoms with E-state index in [1.165, 1.54) is 4.90 Å². The highest BCUT2D eigenvalue weighted by molar-refractivity contribution is 5.94. The van der Waals surface area contributed by atoms with E-state index in [1.807, 2.05) is 18.2 Å². The minimum atomic E-state index is -1.21. The number of ether oxygens (including phenoxy) is 2. The first-order valence-electron chi connectivity index (χ1n) is 6.93. The Balaban J connectivity index is 1.91. The molecule has 0 aromatic heterocycles. The number of hydrogen-bond donors (Lipinski definition) is 1. The third-order valence-corrected chi connectivity index (χ3v) is 3.69. The summed E-state index contributed by atoms with van der Waals surface area (Å²) in [4.78, 5) is 15.1.